The number of nitrogens with one attached hydrogen (secondary N) is 2. The van der Waals surface area contributed by atoms with Gasteiger partial charge in [-0.25, -0.2) is 0 Å². The molecule has 4 rings (SSSR count). The van der Waals surface area contributed by atoms with Crippen molar-refractivity contribution in [2.75, 3.05) is 0 Å². The molecule has 2 aromatic carbocycles. The van der Waals surface area contributed by atoms with Crippen LogP contribution in [0.25, 0.3) is 10.9 Å². The van der Waals surface area contributed by atoms with Crippen LogP contribution in [0.2, 0.25) is 5.02 Å². The fourth-order valence-electron chi connectivity index (χ4n) is 3.39. The molecule has 0 saturated heterocycles. The summed E-state index contributed by atoms with van der Waals surface area (Å²) in [6.07, 6.45) is 0.0925. The van der Waals surface area contributed by atoms with Crippen molar-refractivity contribution >= 4 is 28.4 Å². The summed E-state index contributed by atoms with van der Waals surface area (Å²) >= 11 is 5.97. The number of phenols is 1. The lowest BCUT2D eigenvalue weighted by Crippen LogP contribution is -2.48. The molecule has 3 aromatic rings. The number of aromatic nitrogens is 1. The number of aliphatic hydroxyl groups is 1. The maximum absolute atomic E-state index is 12.6. The number of amides is 1. The van der Waals surface area contributed by atoms with Crippen LogP contribution in [-0.2, 0) is 12.8 Å². The Kier molecular flexibility index (Phi) is 3.90. The molecule has 0 radical (unpaired) electrons. The van der Waals surface area contributed by atoms with E-state index >= 15 is 0 Å². The zero-order valence-electron chi connectivity index (χ0n) is 13.3. The molecule has 1 aliphatic carbocycles. The highest BCUT2D eigenvalue weighted by Crippen LogP contribution is 2.29. The van der Waals surface area contributed by atoms with Gasteiger partial charge >= 0.3 is 0 Å². The van der Waals surface area contributed by atoms with E-state index in [4.69, 9.17) is 11.6 Å². The normalized spacial score (nSPS) is 19.6. The van der Waals surface area contributed by atoms with E-state index in [9.17, 15) is 15.0 Å². The zero-order valence-corrected chi connectivity index (χ0v) is 14.0. The molecule has 2 unspecified atom stereocenters. The Labute approximate surface area is 149 Å². The monoisotopic (exact) mass is 356 g/mol. The molecule has 1 heterocycles. The van der Waals surface area contributed by atoms with Crippen LogP contribution in [0.1, 0.15) is 21.6 Å². The molecule has 1 aliphatic rings. The molecule has 1 amide bonds. The van der Waals surface area contributed by atoms with E-state index in [0.29, 0.717) is 23.6 Å². The lowest BCUT2D eigenvalue weighted by atomic mass is 9.85. The third kappa shape index (κ3) is 2.97. The van der Waals surface area contributed by atoms with Crippen LogP contribution in [0.3, 0.4) is 0 Å². The first-order chi connectivity index (χ1) is 12.0. The number of benzene rings is 2. The molecule has 0 saturated carbocycles. The standard InChI is InChI=1S/C19H17ClN2O3/c20-12-4-5-14-11(6-12)7-16(21-14)19(25)22-15-9-13-10(8-18(15)24)2-1-3-17(13)23/h1-7,15,18,21,23-24H,8-9H2,(H,22,25). The summed E-state index contributed by atoms with van der Waals surface area (Å²) in [5.41, 5.74) is 2.93. The van der Waals surface area contributed by atoms with Crippen LogP contribution in [-0.4, -0.2) is 33.3 Å². The second-order valence-corrected chi connectivity index (χ2v) is 6.82. The first-order valence-electron chi connectivity index (χ1n) is 8.08. The van der Waals surface area contributed by atoms with E-state index in [1.54, 1.807) is 30.3 Å². The van der Waals surface area contributed by atoms with Crippen LogP contribution >= 0.6 is 11.6 Å². The van der Waals surface area contributed by atoms with Crippen molar-refractivity contribution in [3.63, 3.8) is 0 Å². The van der Waals surface area contributed by atoms with E-state index in [2.05, 4.69) is 10.3 Å². The summed E-state index contributed by atoms with van der Waals surface area (Å²) in [5.74, 6) is -0.0980. The van der Waals surface area contributed by atoms with E-state index in [-0.39, 0.29) is 11.7 Å². The molecule has 0 spiro atoms. The Morgan fingerprint density at radius 2 is 2.04 bits per heavy atom. The Morgan fingerprint density at radius 1 is 1.20 bits per heavy atom. The number of H-pyrrole nitrogens is 1. The summed E-state index contributed by atoms with van der Waals surface area (Å²) in [4.78, 5) is 15.6. The van der Waals surface area contributed by atoms with Crippen molar-refractivity contribution in [2.24, 2.45) is 0 Å². The van der Waals surface area contributed by atoms with Crippen LogP contribution in [0.15, 0.2) is 42.5 Å². The van der Waals surface area contributed by atoms with Crippen LogP contribution in [0, 0.1) is 0 Å². The fraction of sp³-hybridized carbons (Fsp3) is 0.211. The second-order valence-electron chi connectivity index (χ2n) is 6.38. The Morgan fingerprint density at radius 3 is 2.88 bits per heavy atom. The number of fused-ring (bicyclic) bond motifs is 2. The first-order valence-corrected chi connectivity index (χ1v) is 8.46. The molecule has 1 aromatic heterocycles. The molecular weight excluding hydrogens is 340 g/mol. The number of aromatic hydroxyl groups is 1. The summed E-state index contributed by atoms with van der Waals surface area (Å²) in [7, 11) is 0. The topological polar surface area (TPSA) is 85.3 Å². The molecular formula is C19H17ClN2O3. The Balaban J connectivity index is 1.56. The summed E-state index contributed by atoms with van der Waals surface area (Å²) in [6.45, 7) is 0. The lowest BCUT2D eigenvalue weighted by Gasteiger charge is -2.30. The van der Waals surface area contributed by atoms with Crippen molar-refractivity contribution in [3.8, 4) is 5.75 Å². The number of rotatable bonds is 2. The number of hydrogen-bond acceptors (Lipinski definition) is 3. The number of carbonyl (C=O) groups excluding carboxylic acids is 1. The van der Waals surface area contributed by atoms with Crippen molar-refractivity contribution < 1.29 is 15.0 Å². The van der Waals surface area contributed by atoms with E-state index in [1.165, 1.54) is 0 Å². The molecule has 128 valence electrons. The van der Waals surface area contributed by atoms with Gasteiger partial charge in [-0.15, -0.1) is 0 Å². The molecule has 6 heteroatoms. The zero-order chi connectivity index (χ0) is 17.6. The van der Waals surface area contributed by atoms with Crippen LogP contribution in [0.4, 0.5) is 0 Å². The maximum atomic E-state index is 12.6. The van der Waals surface area contributed by atoms with Gasteiger partial charge in [0, 0.05) is 22.3 Å². The first kappa shape index (κ1) is 16.0. The minimum absolute atomic E-state index is 0.198. The quantitative estimate of drug-likeness (QED) is 0.569. The lowest BCUT2D eigenvalue weighted by molar-refractivity contribution is 0.0809. The number of halogens is 1. The number of aromatic amines is 1. The van der Waals surface area contributed by atoms with Crippen LogP contribution < -0.4 is 5.32 Å². The molecule has 0 aliphatic heterocycles. The van der Waals surface area contributed by atoms with Gasteiger partial charge in [0.2, 0.25) is 0 Å². The van der Waals surface area contributed by atoms with Crippen molar-refractivity contribution in [1.29, 1.82) is 0 Å². The highest BCUT2D eigenvalue weighted by atomic mass is 35.5. The van der Waals surface area contributed by atoms with Crippen molar-refractivity contribution in [2.45, 2.75) is 25.0 Å². The van der Waals surface area contributed by atoms with Crippen molar-refractivity contribution in [3.05, 3.63) is 64.3 Å². The number of carbonyl (C=O) groups is 1. The third-order valence-electron chi connectivity index (χ3n) is 4.71. The molecule has 5 nitrogen and oxygen atoms in total. The average molecular weight is 357 g/mol. The summed E-state index contributed by atoms with van der Waals surface area (Å²) < 4.78 is 0. The second kappa shape index (κ2) is 6.10. The highest BCUT2D eigenvalue weighted by Gasteiger charge is 2.30. The van der Waals surface area contributed by atoms with Gasteiger partial charge in [0.1, 0.15) is 11.4 Å². The molecule has 25 heavy (non-hydrogen) atoms. The summed E-state index contributed by atoms with van der Waals surface area (Å²) in [5, 5.41) is 24.7. The number of aliphatic hydroxyl groups excluding tert-OH is 1. The number of phenolic OH excluding ortho intramolecular Hbond substituents is 1. The van der Waals surface area contributed by atoms with Gasteiger partial charge in [-0.1, -0.05) is 23.7 Å². The van der Waals surface area contributed by atoms with Gasteiger partial charge in [0.25, 0.3) is 5.91 Å². The van der Waals surface area contributed by atoms with Crippen molar-refractivity contribution in [1.82, 2.24) is 10.3 Å². The average Bonchev–Trinajstić information content (AvgIpc) is 2.99. The SMILES string of the molecule is O=C(NC1Cc2c(O)cccc2CC1O)c1cc2cc(Cl)ccc2[nH]1. The van der Waals surface area contributed by atoms with Gasteiger partial charge in [-0.2, -0.15) is 0 Å². The number of hydrogen-bond donors (Lipinski definition) is 4. The van der Waals surface area contributed by atoms with E-state index in [1.807, 2.05) is 12.1 Å². The minimum atomic E-state index is -0.697. The van der Waals surface area contributed by atoms with Gasteiger partial charge in [-0.05, 0) is 47.9 Å². The molecule has 0 fully saturated rings. The molecule has 0 bridgehead atoms. The smallest absolute Gasteiger partial charge is 0.268 e. The highest BCUT2D eigenvalue weighted by molar-refractivity contribution is 6.31. The fourth-order valence-corrected chi connectivity index (χ4v) is 3.57. The van der Waals surface area contributed by atoms with E-state index < -0.39 is 12.1 Å². The van der Waals surface area contributed by atoms with Crippen LogP contribution in [0.5, 0.6) is 5.75 Å². The molecule has 2 atom stereocenters. The predicted octanol–water partition coefficient (Wildman–Crippen LogP) is 2.79. The van der Waals surface area contributed by atoms with Gasteiger partial charge < -0.3 is 20.5 Å². The minimum Gasteiger partial charge on any atom is -0.508 e. The Hall–Kier alpha value is -2.50. The maximum Gasteiger partial charge on any atom is 0.268 e. The predicted molar refractivity (Wildman–Crippen MR) is 96.1 cm³/mol. The van der Waals surface area contributed by atoms with Gasteiger partial charge in [-0.3, -0.25) is 4.79 Å². The van der Waals surface area contributed by atoms with Gasteiger partial charge in [0.15, 0.2) is 0 Å². The molecule has 4 N–H and O–H groups in total. The Bertz CT molecular complexity index is 966. The largest absolute Gasteiger partial charge is 0.508 e. The summed E-state index contributed by atoms with van der Waals surface area (Å²) in [6, 6.07) is 11.9. The van der Waals surface area contributed by atoms with Gasteiger partial charge in [0.05, 0.1) is 12.1 Å². The third-order valence-corrected chi connectivity index (χ3v) is 4.94. The van der Waals surface area contributed by atoms with E-state index in [0.717, 1.165) is 22.0 Å².